The van der Waals surface area contributed by atoms with Crippen molar-refractivity contribution < 1.29 is 13.9 Å². The van der Waals surface area contributed by atoms with Crippen LogP contribution in [0.2, 0.25) is 0 Å². The first kappa shape index (κ1) is 14.6. The predicted octanol–water partition coefficient (Wildman–Crippen LogP) is 2.16. The lowest BCUT2D eigenvalue weighted by atomic mass is 10.2. The molecule has 5 heteroatoms. The summed E-state index contributed by atoms with van der Waals surface area (Å²) in [7, 11) is 0. The highest BCUT2D eigenvalue weighted by Crippen LogP contribution is 2.03. The van der Waals surface area contributed by atoms with Gasteiger partial charge in [0.05, 0.1) is 17.9 Å². The number of carbonyl (C=O) groups is 1. The Bertz CT molecular complexity index is 383. The number of hydrogen-bond acceptors (Lipinski definition) is 3. The standard InChI is InChI=1S/C13H19FN2O2/c1-10(2)18-8-4-3-6-16-13(17)11-5-7-15-9-12(11)14/h5,7,9-10H,3-4,6,8H2,1-2H3,(H,16,17). The first-order valence-corrected chi connectivity index (χ1v) is 6.10. The van der Waals surface area contributed by atoms with Gasteiger partial charge in [-0.1, -0.05) is 0 Å². The summed E-state index contributed by atoms with van der Waals surface area (Å²) >= 11 is 0. The predicted molar refractivity (Wildman–Crippen MR) is 66.9 cm³/mol. The Hall–Kier alpha value is -1.49. The summed E-state index contributed by atoms with van der Waals surface area (Å²) in [5.41, 5.74) is 0.0310. The largest absolute Gasteiger partial charge is 0.379 e. The van der Waals surface area contributed by atoms with Crippen LogP contribution in [0.1, 0.15) is 37.0 Å². The first-order chi connectivity index (χ1) is 8.61. The number of hydrogen-bond donors (Lipinski definition) is 1. The molecule has 0 saturated carbocycles. The topological polar surface area (TPSA) is 51.2 Å². The number of aromatic nitrogens is 1. The third-order valence-corrected chi connectivity index (χ3v) is 2.32. The maximum absolute atomic E-state index is 13.2. The number of ether oxygens (including phenoxy) is 1. The smallest absolute Gasteiger partial charge is 0.254 e. The monoisotopic (exact) mass is 254 g/mol. The average Bonchev–Trinajstić information content (AvgIpc) is 2.33. The molecule has 1 rings (SSSR count). The Morgan fingerprint density at radius 3 is 2.94 bits per heavy atom. The Kier molecular flexibility index (Phi) is 6.28. The Labute approximate surface area is 107 Å². The van der Waals surface area contributed by atoms with Crippen molar-refractivity contribution in [3.05, 3.63) is 29.8 Å². The molecule has 0 spiro atoms. The van der Waals surface area contributed by atoms with Crippen molar-refractivity contribution in [1.29, 1.82) is 0 Å². The lowest BCUT2D eigenvalue weighted by Gasteiger charge is -2.08. The molecule has 1 heterocycles. The van der Waals surface area contributed by atoms with Crippen LogP contribution in [0.4, 0.5) is 4.39 Å². The van der Waals surface area contributed by atoms with Gasteiger partial charge >= 0.3 is 0 Å². The third-order valence-electron chi connectivity index (χ3n) is 2.32. The van der Waals surface area contributed by atoms with Gasteiger partial charge in [-0.2, -0.15) is 0 Å². The van der Waals surface area contributed by atoms with Gasteiger partial charge in [-0.3, -0.25) is 9.78 Å². The van der Waals surface area contributed by atoms with Gasteiger partial charge in [0.1, 0.15) is 0 Å². The van der Waals surface area contributed by atoms with Gasteiger partial charge in [0.25, 0.3) is 5.91 Å². The van der Waals surface area contributed by atoms with Crippen molar-refractivity contribution in [2.75, 3.05) is 13.2 Å². The molecule has 0 bridgehead atoms. The molecule has 0 aliphatic heterocycles. The van der Waals surface area contributed by atoms with Gasteiger partial charge in [-0.15, -0.1) is 0 Å². The molecule has 0 aliphatic carbocycles. The summed E-state index contributed by atoms with van der Waals surface area (Å²) in [4.78, 5) is 15.2. The van der Waals surface area contributed by atoms with Crippen LogP contribution in [-0.2, 0) is 4.74 Å². The molecule has 0 atom stereocenters. The molecule has 1 aromatic rings. The summed E-state index contributed by atoms with van der Waals surface area (Å²) in [6.45, 7) is 5.15. The van der Waals surface area contributed by atoms with Crippen LogP contribution in [0, 0.1) is 5.82 Å². The van der Waals surface area contributed by atoms with E-state index in [0.29, 0.717) is 13.2 Å². The van der Waals surface area contributed by atoms with Crippen LogP contribution < -0.4 is 5.32 Å². The van der Waals surface area contributed by atoms with Crippen LogP contribution in [0.3, 0.4) is 0 Å². The minimum Gasteiger partial charge on any atom is -0.379 e. The Morgan fingerprint density at radius 2 is 2.28 bits per heavy atom. The number of amides is 1. The Morgan fingerprint density at radius 1 is 1.50 bits per heavy atom. The lowest BCUT2D eigenvalue weighted by Crippen LogP contribution is -2.25. The highest BCUT2D eigenvalue weighted by Gasteiger charge is 2.09. The van der Waals surface area contributed by atoms with Crippen LogP contribution in [0.15, 0.2) is 18.5 Å². The normalized spacial score (nSPS) is 10.7. The molecule has 0 saturated heterocycles. The molecule has 0 aromatic carbocycles. The van der Waals surface area contributed by atoms with E-state index in [1.165, 1.54) is 12.3 Å². The fourth-order valence-corrected chi connectivity index (χ4v) is 1.40. The molecule has 0 aliphatic rings. The SMILES string of the molecule is CC(C)OCCCCNC(=O)c1ccncc1F. The van der Waals surface area contributed by atoms with E-state index in [1.54, 1.807) is 0 Å². The molecule has 1 N–H and O–H groups in total. The van der Waals surface area contributed by atoms with Crippen LogP contribution >= 0.6 is 0 Å². The lowest BCUT2D eigenvalue weighted by molar-refractivity contribution is 0.0754. The molecule has 0 radical (unpaired) electrons. The number of rotatable bonds is 7. The molecule has 0 fully saturated rings. The number of nitrogens with zero attached hydrogens (tertiary/aromatic N) is 1. The number of unbranched alkanes of at least 4 members (excludes halogenated alkanes) is 1. The average molecular weight is 254 g/mol. The van der Waals surface area contributed by atoms with Crippen molar-refractivity contribution in [2.45, 2.75) is 32.8 Å². The third kappa shape index (κ3) is 5.23. The molecule has 1 amide bonds. The van der Waals surface area contributed by atoms with Crippen molar-refractivity contribution >= 4 is 5.91 Å². The maximum Gasteiger partial charge on any atom is 0.254 e. The first-order valence-electron chi connectivity index (χ1n) is 6.10. The molecule has 4 nitrogen and oxygen atoms in total. The second-order valence-corrected chi connectivity index (χ2v) is 4.24. The van der Waals surface area contributed by atoms with Crippen LogP contribution in [0.25, 0.3) is 0 Å². The molecular weight excluding hydrogens is 235 g/mol. The number of carbonyl (C=O) groups excluding carboxylic acids is 1. The van der Waals surface area contributed by atoms with Crippen molar-refractivity contribution in [3.8, 4) is 0 Å². The zero-order chi connectivity index (χ0) is 13.4. The molecule has 0 unspecified atom stereocenters. The highest BCUT2D eigenvalue weighted by atomic mass is 19.1. The van der Waals surface area contributed by atoms with E-state index >= 15 is 0 Å². The zero-order valence-corrected chi connectivity index (χ0v) is 10.8. The van der Waals surface area contributed by atoms with Crippen molar-refractivity contribution in [3.63, 3.8) is 0 Å². The zero-order valence-electron chi connectivity index (χ0n) is 10.8. The summed E-state index contributed by atoms with van der Waals surface area (Å²) in [6, 6.07) is 1.37. The van der Waals surface area contributed by atoms with Gasteiger partial charge < -0.3 is 10.1 Å². The van der Waals surface area contributed by atoms with E-state index in [4.69, 9.17) is 4.74 Å². The summed E-state index contributed by atoms with van der Waals surface area (Å²) < 4.78 is 18.6. The van der Waals surface area contributed by atoms with Gasteiger partial charge in [0.15, 0.2) is 5.82 Å². The maximum atomic E-state index is 13.2. The van der Waals surface area contributed by atoms with Gasteiger partial charge in [-0.05, 0) is 32.8 Å². The van der Waals surface area contributed by atoms with Crippen molar-refractivity contribution in [2.24, 2.45) is 0 Å². The van der Waals surface area contributed by atoms with Crippen LogP contribution in [0.5, 0.6) is 0 Å². The Balaban J connectivity index is 2.20. The fraction of sp³-hybridized carbons (Fsp3) is 0.538. The molecule has 18 heavy (non-hydrogen) atoms. The molecule has 1 aromatic heterocycles. The summed E-state index contributed by atoms with van der Waals surface area (Å²) in [6.07, 6.45) is 4.34. The van der Waals surface area contributed by atoms with E-state index in [-0.39, 0.29) is 11.7 Å². The van der Waals surface area contributed by atoms with Crippen LogP contribution in [-0.4, -0.2) is 30.1 Å². The quantitative estimate of drug-likeness (QED) is 0.759. The fourth-order valence-electron chi connectivity index (χ4n) is 1.40. The van der Waals surface area contributed by atoms with E-state index in [0.717, 1.165) is 19.0 Å². The van der Waals surface area contributed by atoms with E-state index in [9.17, 15) is 9.18 Å². The molecule has 100 valence electrons. The summed E-state index contributed by atoms with van der Waals surface area (Å²) in [5, 5.41) is 2.67. The van der Waals surface area contributed by atoms with Gasteiger partial charge in [0, 0.05) is 19.3 Å². The van der Waals surface area contributed by atoms with E-state index in [1.807, 2.05) is 13.8 Å². The van der Waals surface area contributed by atoms with Crippen molar-refractivity contribution in [1.82, 2.24) is 10.3 Å². The number of nitrogens with one attached hydrogen (secondary N) is 1. The minimum absolute atomic E-state index is 0.0310. The highest BCUT2D eigenvalue weighted by molar-refractivity contribution is 5.94. The van der Waals surface area contributed by atoms with Gasteiger partial charge in [-0.25, -0.2) is 4.39 Å². The summed E-state index contributed by atoms with van der Waals surface area (Å²) in [5.74, 6) is -1.00. The van der Waals surface area contributed by atoms with Gasteiger partial charge in [0.2, 0.25) is 0 Å². The van der Waals surface area contributed by atoms with E-state index < -0.39 is 11.7 Å². The molecular formula is C13H19FN2O2. The second kappa shape index (κ2) is 7.76. The number of pyridine rings is 1. The number of halogens is 1. The van der Waals surface area contributed by atoms with E-state index in [2.05, 4.69) is 10.3 Å². The minimum atomic E-state index is -0.599. The second-order valence-electron chi connectivity index (χ2n) is 4.24.